The molecule has 0 bridgehead atoms. The molecule has 0 spiro atoms. The topological polar surface area (TPSA) is 63.9 Å². The van der Waals surface area contributed by atoms with Crippen LogP contribution in [0, 0.1) is 0 Å². The molecule has 3 N–H and O–H groups in total. The van der Waals surface area contributed by atoms with E-state index in [2.05, 4.69) is 0 Å². The van der Waals surface area contributed by atoms with Crippen molar-refractivity contribution in [1.29, 1.82) is 0 Å². The van der Waals surface area contributed by atoms with Gasteiger partial charge in [-0.2, -0.15) is 35.8 Å². The van der Waals surface area contributed by atoms with Crippen LogP contribution in [-0.4, -0.2) is 62.8 Å². The second kappa shape index (κ2) is 4.43. The minimum atomic E-state index is -6.58. The molecule has 19 heavy (non-hydrogen) atoms. The molecule has 0 aromatic rings. The number of hydroxylamine groups is 2. The zero-order chi connectivity index (χ0) is 15.4. The minimum Gasteiger partial charge on any atom is -0.389 e. The van der Waals surface area contributed by atoms with Crippen molar-refractivity contribution in [3.63, 3.8) is 0 Å². The van der Waals surface area contributed by atoms with Crippen molar-refractivity contribution in [2.24, 2.45) is 0 Å². The molecule has 0 aromatic heterocycles. The SMILES string of the molecule is C[C@H]1[C@@H](O)[C@@H](O)[C@H](C(F)(F)C(F)(F)C(F)(F)F)N1O. The van der Waals surface area contributed by atoms with E-state index < -0.39 is 47.4 Å². The zero-order valence-corrected chi connectivity index (χ0v) is 9.24. The Bertz CT molecular complexity index is 334. The Labute approximate surface area is 102 Å². The van der Waals surface area contributed by atoms with E-state index in [1.54, 1.807) is 0 Å². The molecule has 0 unspecified atom stereocenters. The quantitative estimate of drug-likeness (QED) is 0.666. The fourth-order valence-electron chi connectivity index (χ4n) is 1.79. The van der Waals surface area contributed by atoms with Crippen LogP contribution in [0.3, 0.4) is 0 Å². The average molecular weight is 301 g/mol. The maximum absolute atomic E-state index is 13.3. The predicted molar refractivity (Wildman–Crippen MR) is 44.8 cm³/mol. The summed E-state index contributed by atoms with van der Waals surface area (Å²) in [5.74, 6) is -12.3. The number of halogens is 7. The molecule has 0 aromatic carbocycles. The predicted octanol–water partition coefficient (Wildman–Crippen LogP) is 1.00. The second-order valence-corrected chi connectivity index (χ2v) is 4.24. The molecule has 0 aliphatic carbocycles. The highest BCUT2D eigenvalue weighted by atomic mass is 19.4. The molecule has 0 amide bonds. The number of hydrogen-bond donors (Lipinski definition) is 3. The molecule has 1 fully saturated rings. The van der Waals surface area contributed by atoms with Gasteiger partial charge in [-0.25, -0.2) is 0 Å². The smallest absolute Gasteiger partial charge is 0.389 e. The molecule has 114 valence electrons. The lowest BCUT2D eigenvalue weighted by molar-refractivity contribution is -0.378. The third-order valence-corrected chi connectivity index (χ3v) is 3.02. The van der Waals surface area contributed by atoms with Crippen LogP contribution in [0.1, 0.15) is 6.92 Å². The van der Waals surface area contributed by atoms with Gasteiger partial charge in [-0.1, -0.05) is 0 Å². The highest BCUT2D eigenvalue weighted by Crippen LogP contribution is 2.51. The van der Waals surface area contributed by atoms with Gasteiger partial charge in [0.25, 0.3) is 0 Å². The molecule has 0 saturated carbocycles. The molecule has 1 rings (SSSR count). The second-order valence-electron chi connectivity index (χ2n) is 4.24. The van der Waals surface area contributed by atoms with Gasteiger partial charge in [0.05, 0.1) is 12.1 Å². The van der Waals surface area contributed by atoms with E-state index in [0.29, 0.717) is 0 Å². The van der Waals surface area contributed by atoms with Crippen LogP contribution in [-0.2, 0) is 0 Å². The highest BCUT2D eigenvalue weighted by molar-refractivity contribution is 5.08. The molecule has 11 heteroatoms. The summed E-state index contributed by atoms with van der Waals surface area (Å²) in [5, 5.41) is 26.8. The first-order valence-corrected chi connectivity index (χ1v) is 4.92. The summed E-state index contributed by atoms with van der Waals surface area (Å²) in [7, 11) is 0. The van der Waals surface area contributed by atoms with Gasteiger partial charge in [-0.3, -0.25) is 0 Å². The molecule has 0 radical (unpaired) electrons. The normalized spacial score (nSPS) is 34.9. The highest BCUT2D eigenvalue weighted by Gasteiger charge is 2.78. The summed E-state index contributed by atoms with van der Waals surface area (Å²) in [4.78, 5) is 0. The van der Waals surface area contributed by atoms with Gasteiger partial charge in [-0.15, -0.1) is 0 Å². The van der Waals surface area contributed by atoms with Crippen molar-refractivity contribution in [3.8, 4) is 0 Å². The van der Waals surface area contributed by atoms with Gasteiger partial charge < -0.3 is 15.4 Å². The summed E-state index contributed by atoms with van der Waals surface area (Å²) >= 11 is 0. The lowest BCUT2D eigenvalue weighted by atomic mass is 9.97. The Balaban J connectivity index is 3.21. The lowest BCUT2D eigenvalue weighted by Gasteiger charge is -2.35. The first-order valence-electron chi connectivity index (χ1n) is 4.92. The number of aliphatic hydroxyl groups excluding tert-OH is 2. The Kier molecular flexibility index (Phi) is 3.83. The van der Waals surface area contributed by atoms with E-state index in [4.69, 9.17) is 15.4 Å². The molecule has 1 aliphatic heterocycles. The Morgan fingerprint density at radius 3 is 1.58 bits per heavy atom. The number of aliphatic hydroxyl groups is 2. The van der Waals surface area contributed by atoms with E-state index in [1.165, 1.54) is 0 Å². The number of nitrogens with zero attached hydrogens (tertiary/aromatic N) is 1. The molecule has 4 atom stereocenters. The van der Waals surface area contributed by atoms with Gasteiger partial charge in [-0.05, 0) is 6.92 Å². The monoisotopic (exact) mass is 301 g/mol. The van der Waals surface area contributed by atoms with Crippen LogP contribution >= 0.6 is 0 Å². The largest absolute Gasteiger partial charge is 0.459 e. The van der Waals surface area contributed by atoms with E-state index in [9.17, 15) is 30.7 Å². The molecular formula is C8H10F7NO3. The van der Waals surface area contributed by atoms with Crippen molar-refractivity contribution < 1.29 is 46.2 Å². The van der Waals surface area contributed by atoms with Gasteiger partial charge >= 0.3 is 18.0 Å². The maximum atomic E-state index is 13.3. The van der Waals surface area contributed by atoms with Crippen LogP contribution in [0.25, 0.3) is 0 Å². The van der Waals surface area contributed by atoms with Gasteiger partial charge in [0.15, 0.2) is 0 Å². The van der Waals surface area contributed by atoms with Crippen molar-refractivity contribution in [1.82, 2.24) is 5.06 Å². The Morgan fingerprint density at radius 1 is 0.895 bits per heavy atom. The molecular weight excluding hydrogens is 291 g/mol. The van der Waals surface area contributed by atoms with Crippen molar-refractivity contribution in [2.75, 3.05) is 0 Å². The summed E-state index contributed by atoms with van der Waals surface area (Å²) in [5.41, 5.74) is 0. The van der Waals surface area contributed by atoms with Crippen molar-refractivity contribution in [2.45, 2.75) is 49.2 Å². The van der Waals surface area contributed by atoms with Gasteiger partial charge in [0, 0.05) is 0 Å². The molecule has 1 aliphatic rings. The van der Waals surface area contributed by atoms with E-state index in [-0.39, 0.29) is 0 Å². The molecule has 1 saturated heterocycles. The molecule has 4 nitrogen and oxygen atoms in total. The summed E-state index contributed by atoms with van der Waals surface area (Å²) < 4.78 is 88.0. The zero-order valence-electron chi connectivity index (χ0n) is 9.24. The first-order chi connectivity index (χ1) is 8.26. The summed E-state index contributed by atoms with van der Waals surface area (Å²) in [6.07, 6.45) is -11.3. The van der Waals surface area contributed by atoms with Crippen molar-refractivity contribution >= 4 is 0 Å². The van der Waals surface area contributed by atoms with Crippen LogP contribution in [0.15, 0.2) is 0 Å². The summed E-state index contributed by atoms with van der Waals surface area (Å²) in [6.45, 7) is 0.871. The summed E-state index contributed by atoms with van der Waals surface area (Å²) in [6, 6.07) is -4.91. The van der Waals surface area contributed by atoms with E-state index >= 15 is 0 Å². The van der Waals surface area contributed by atoms with E-state index in [1.807, 2.05) is 0 Å². The van der Waals surface area contributed by atoms with Crippen LogP contribution in [0.4, 0.5) is 30.7 Å². The average Bonchev–Trinajstić information content (AvgIpc) is 2.41. The van der Waals surface area contributed by atoms with E-state index in [0.717, 1.165) is 6.92 Å². The fourth-order valence-corrected chi connectivity index (χ4v) is 1.79. The van der Waals surface area contributed by atoms with Gasteiger partial charge in [0.1, 0.15) is 12.1 Å². The van der Waals surface area contributed by atoms with Crippen LogP contribution in [0.2, 0.25) is 0 Å². The van der Waals surface area contributed by atoms with Crippen LogP contribution in [0.5, 0.6) is 0 Å². The fraction of sp³-hybridized carbons (Fsp3) is 1.00. The molecule has 1 heterocycles. The number of hydrogen-bond acceptors (Lipinski definition) is 4. The number of rotatable bonds is 2. The lowest BCUT2D eigenvalue weighted by Crippen LogP contribution is -2.63. The third-order valence-electron chi connectivity index (χ3n) is 3.02. The van der Waals surface area contributed by atoms with Gasteiger partial charge in [0.2, 0.25) is 0 Å². The van der Waals surface area contributed by atoms with Crippen molar-refractivity contribution in [3.05, 3.63) is 0 Å². The maximum Gasteiger partial charge on any atom is 0.459 e. The Morgan fingerprint density at radius 2 is 1.32 bits per heavy atom. The minimum absolute atomic E-state index is 0.588. The first kappa shape index (κ1) is 16.4. The standard InChI is InChI=1S/C8H10F7NO3/c1-2-3(17)4(18)5(16(2)19)6(9,10)7(11,12)8(13,14)15/h2-5,17-19H,1H3/t2-,3+,4+,5+/m0/s1. The Hall–Kier alpha value is -0.650. The third kappa shape index (κ3) is 2.18. The number of alkyl halides is 7. The van der Waals surface area contributed by atoms with Crippen LogP contribution < -0.4 is 0 Å².